The largest absolute Gasteiger partial charge is 0.506 e. The fourth-order valence-electron chi connectivity index (χ4n) is 1.16. The molecule has 1 aromatic carbocycles. The number of furan rings is 1. The fourth-order valence-corrected chi connectivity index (χ4v) is 1.33. The zero-order valence-electron chi connectivity index (χ0n) is 7.00. The molecule has 0 atom stereocenters. The minimum absolute atomic E-state index is 0.234. The summed E-state index contributed by atoms with van der Waals surface area (Å²) >= 11 is 5.53. The number of phenolic OH excluding ortho intramolecular Hbond substituents is 1. The van der Waals surface area contributed by atoms with Gasteiger partial charge in [0.05, 0.1) is 11.8 Å². The van der Waals surface area contributed by atoms with Crippen LogP contribution in [0.1, 0.15) is 0 Å². The van der Waals surface area contributed by atoms with Gasteiger partial charge in [-0.1, -0.05) is 11.6 Å². The number of phenols is 1. The van der Waals surface area contributed by atoms with E-state index in [4.69, 9.17) is 21.1 Å². The predicted molar refractivity (Wildman–Crippen MR) is 50.8 cm³/mol. The van der Waals surface area contributed by atoms with Gasteiger partial charge in [0, 0.05) is 0 Å². The molecule has 0 saturated heterocycles. The molecule has 0 aliphatic heterocycles. The lowest BCUT2D eigenvalue weighted by Crippen LogP contribution is -1.84. The van der Waals surface area contributed by atoms with Crippen molar-refractivity contribution in [3.8, 4) is 17.1 Å². The first kappa shape index (κ1) is 9.09. The van der Waals surface area contributed by atoms with E-state index in [1.807, 2.05) is 0 Å². The first-order chi connectivity index (χ1) is 6.70. The number of halogens is 2. The van der Waals surface area contributed by atoms with E-state index in [0.717, 1.165) is 0 Å². The van der Waals surface area contributed by atoms with Crippen molar-refractivity contribution in [2.75, 3.05) is 0 Å². The maximum atomic E-state index is 13.5. The van der Waals surface area contributed by atoms with Gasteiger partial charge in [0.2, 0.25) is 0 Å². The minimum Gasteiger partial charge on any atom is -0.506 e. The third-order valence-electron chi connectivity index (χ3n) is 1.85. The Kier molecular flexibility index (Phi) is 2.17. The van der Waals surface area contributed by atoms with Crippen molar-refractivity contribution in [2.24, 2.45) is 0 Å². The maximum Gasteiger partial charge on any atom is 0.156 e. The Labute approximate surface area is 84.5 Å². The highest BCUT2D eigenvalue weighted by Gasteiger charge is 2.13. The number of benzene rings is 1. The van der Waals surface area contributed by atoms with Crippen LogP contribution < -0.4 is 0 Å². The summed E-state index contributed by atoms with van der Waals surface area (Å²) in [6, 6.07) is 6.00. The van der Waals surface area contributed by atoms with Gasteiger partial charge in [0.1, 0.15) is 16.5 Å². The average Bonchev–Trinajstić information content (AvgIpc) is 2.67. The van der Waals surface area contributed by atoms with Crippen LogP contribution in [0.2, 0.25) is 5.02 Å². The van der Waals surface area contributed by atoms with Crippen molar-refractivity contribution < 1.29 is 13.9 Å². The second kappa shape index (κ2) is 3.35. The van der Waals surface area contributed by atoms with Crippen LogP contribution >= 0.6 is 11.6 Å². The standard InChI is InChI=1S/C10H6ClFO2/c11-9-7(13)4-3-6(10(9)12)8-2-1-5-14-8/h1-5,13H. The molecule has 4 heteroatoms. The number of hydrogen-bond acceptors (Lipinski definition) is 2. The Morgan fingerprint density at radius 1 is 1.29 bits per heavy atom. The summed E-state index contributed by atoms with van der Waals surface area (Å²) in [6.45, 7) is 0. The first-order valence-electron chi connectivity index (χ1n) is 3.91. The van der Waals surface area contributed by atoms with Gasteiger partial charge in [-0.2, -0.15) is 0 Å². The summed E-state index contributed by atoms with van der Waals surface area (Å²) in [5.74, 6) is -0.578. The van der Waals surface area contributed by atoms with Crippen molar-refractivity contribution in [2.45, 2.75) is 0 Å². The molecule has 0 spiro atoms. The van der Waals surface area contributed by atoms with Gasteiger partial charge < -0.3 is 9.52 Å². The Morgan fingerprint density at radius 2 is 2.07 bits per heavy atom. The molecule has 0 fully saturated rings. The van der Waals surface area contributed by atoms with Crippen LogP contribution in [0.15, 0.2) is 34.9 Å². The molecule has 0 bridgehead atoms. The van der Waals surface area contributed by atoms with Gasteiger partial charge in [0.25, 0.3) is 0 Å². The SMILES string of the molecule is Oc1ccc(-c2ccco2)c(F)c1Cl. The van der Waals surface area contributed by atoms with E-state index >= 15 is 0 Å². The van der Waals surface area contributed by atoms with Crippen LogP contribution in [0, 0.1) is 5.82 Å². The lowest BCUT2D eigenvalue weighted by Gasteiger charge is -2.02. The normalized spacial score (nSPS) is 10.4. The number of aromatic hydroxyl groups is 1. The molecule has 1 N–H and O–H groups in total. The zero-order valence-corrected chi connectivity index (χ0v) is 7.75. The summed E-state index contributed by atoms with van der Waals surface area (Å²) < 4.78 is 18.5. The minimum atomic E-state index is -0.679. The van der Waals surface area contributed by atoms with Crippen molar-refractivity contribution >= 4 is 11.6 Å². The van der Waals surface area contributed by atoms with Gasteiger partial charge in [-0.25, -0.2) is 4.39 Å². The third-order valence-corrected chi connectivity index (χ3v) is 2.21. The molecule has 0 amide bonds. The van der Waals surface area contributed by atoms with Crippen molar-refractivity contribution in [1.82, 2.24) is 0 Å². The molecule has 72 valence electrons. The Balaban J connectivity index is 2.61. The second-order valence-corrected chi connectivity index (χ2v) is 3.12. The van der Waals surface area contributed by atoms with Crippen molar-refractivity contribution in [3.05, 3.63) is 41.4 Å². The predicted octanol–water partition coefficient (Wildman–Crippen LogP) is 3.44. The first-order valence-corrected chi connectivity index (χ1v) is 4.29. The topological polar surface area (TPSA) is 33.4 Å². The van der Waals surface area contributed by atoms with E-state index in [0.29, 0.717) is 5.76 Å². The maximum absolute atomic E-state index is 13.5. The summed E-state index contributed by atoms with van der Waals surface area (Å²) in [5.41, 5.74) is 0.234. The molecular weight excluding hydrogens is 207 g/mol. The van der Waals surface area contributed by atoms with E-state index in [-0.39, 0.29) is 16.3 Å². The van der Waals surface area contributed by atoms with E-state index < -0.39 is 5.82 Å². The van der Waals surface area contributed by atoms with Gasteiger partial charge >= 0.3 is 0 Å². The van der Waals surface area contributed by atoms with E-state index in [9.17, 15) is 4.39 Å². The molecular formula is C10H6ClFO2. The molecule has 0 saturated carbocycles. The van der Waals surface area contributed by atoms with Crippen LogP contribution in [0.25, 0.3) is 11.3 Å². The molecule has 1 aromatic heterocycles. The highest BCUT2D eigenvalue weighted by molar-refractivity contribution is 6.32. The van der Waals surface area contributed by atoms with E-state index in [2.05, 4.69) is 0 Å². The van der Waals surface area contributed by atoms with Crippen LogP contribution in [0.4, 0.5) is 4.39 Å². The summed E-state index contributed by atoms with van der Waals surface area (Å²) in [7, 11) is 0. The monoisotopic (exact) mass is 212 g/mol. The van der Waals surface area contributed by atoms with Gasteiger partial charge in [-0.05, 0) is 24.3 Å². The highest BCUT2D eigenvalue weighted by atomic mass is 35.5. The lowest BCUT2D eigenvalue weighted by molar-refractivity contribution is 0.469. The van der Waals surface area contributed by atoms with Crippen LogP contribution in [0.5, 0.6) is 5.75 Å². The summed E-state index contributed by atoms with van der Waals surface area (Å²) in [4.78, 5) is 0. The van der Waals surface area contributed by atoms with Crippen molar-refractivity contribution in [3.63, 3.8) is 0 Å². The molecule has 0 radical (unpaired) electrons. The third kappa shape index (κ3) is 1.36. The molecule has 0 aliphatic carbocycles. The molecule has 0 unspecified atom stereocenters. The smallest absolute Gasteiger partial charge is 0.156 e. The van der Waals surface area contributed by atoms with Gasteiger partial charge in [0.15, 0.2) is 5.82 Å². The molecule has 2 aromatic rings. The molecule has 0 aliphatic rings. The molecule has 2 rings (SSSR count). The van der Waals surface area contributed by atoms with Crippen LogP contribution in [-0.4, -0.2) is 5.11 Å². The van der Waals surface area contributed by atoms with E-state index in [1.54, 1.807) is 12.1 Å². The molecule has 14 heavy (non-hydrogen) atoms. The second-order valence-electron chi connectivity index (χ2n) is 2.74. The quantitative estimate of drug-likeness (QED) is 0.786. The fraction of sp³-hybridized carbons (Fsp3) is 0. The average molecular weight is 213 g/mol. The Hall–Kier alpha value is -1.48. The van der Waals surface area contributed by atoms with Gasteiger partial charge in [-0.15, -0.1) is 0 Å². The van der Waals surface area contributed by atoms with Crippen LogP contribution in [0.3, 0.4) is 0 Å². The molecule has 2 nitrogen and oxygen atoms in total. The number of hydrogen-bond donors (Lipinski definition) is 1. The van der Waals surface area contributed by atoms with E-state index in [1.165, 1.54) is 18.4 Å². The Bertz CT molecular complexity index is 451. The highest BCUT2D eigenvalue weighted by Crippen LogP contribution is 2.33. The number of rotatable bonds is 1. The summed E-state index contributed by atoms with van der Waals surface area (Å²) in [5, 5.41) is 8.83. The summed E-state index contributed by atoms with van der Waals surface area (Å²) in [6.07, 6.45) is 1.44. The van der Waals surface area contributed by atoms with Crippen LogP contribution in [-0.2, 0) is 0 Å². The van der Waals surface area contributed by atoms with Gasteiger partial charge in [-0.3, -0.25) is 0 Å². The lowest BCUT2D eigenvalue weighted by atomic mass is 10.1. The van der Waals surface area contributed by atoms with Crippen molar-refractivity contribution in [1.29, 1.82) is 0 Å². The zero-order chi connectivity index (χ0) is 10.1. The molecule has 1 heterocycles. The Morgan fingerprint density at radius 3 is 2.71 bits per heavy atom.